The SMILES string of the molecule is CSC(C)(C)CNC(=O)NC(CO)CC(C)(C)C. The first-order chi connectivity index (χ1) is 8.09. The van der Waals surface area contributed by atoms with Crippen molar-refractivity contribution in [2.75, 3.05) is 19.4 Å². The Morgan fingerprint density at radius 3 is 2.22 bits per heavy atom. The molecule has 0 aromatic heterocycles. The molecule has 2 amide bonds. The van der Waals surface area contributed by atoms with Crippen molar-refractivity contribution in [2.24, 2.45) is 5.41 Å². The fourth-order valence-electron chi connectivity index (χ4n) is 1.50. The highest BCUT2D eigenvalue weighted by molar-refractivity contribution is 7.99. The Labute approximate surface area is 115 Å². The Kier molecular flexibility index (Phi) is 7.07. The lowest BCUT2D eigenvalue weighted by Crippen LogP contribution is -2.48. The van der Waals surface area contributed by atoms with Crippen LogP contribution in [0.3, 0.4) is 0 Å². The van der Waals surface area contributed by atoms with Gasteiger partial charge in [-0.05, 0) is 31.9 Å². The lowest BCUT2D eigenvalue weighted by Gasteiger charge is -2.27. The Balaban J connectivity index is 4.13. The largest absolute Gasteiger partial charge is 0.394 e. The van der Waals surface area contributed by atoms with Crippen molar-refractivity contribution in [1.82, 2.24) is 10.6 Å². The predicted molar refractivity (Wildman–Crippen MR) is 79.1 cm³/mol. The Hall–Kier alpha value is -0.420. The van der Waals surface area contributed by atoms with E-state index in [-0.39, 0.29) is 28.8 Å². The van der Waals surface area contributed by atoms with Gasteiger partial charge in [-0.25, -0.2) is 4.79 Å². The second-order valence-corrected chi connectivity index (χ2v) is 7.95. The first-order valence-corrected chi connectivity index (χ1v) is 7.52. The van der Waals surface area contributed by atoms with Crippen molar-refractivity contribution in [3.8, 4) is 0 Å². The molecule has 0 fully saturated rings. The van der Waals surface area contributed by atoms with Crippen molar-refractivity contribution in [1.29, 1.82) is 0 Å². The normalized spacial score (nSPS) is 14.2. The van der Waals surface area contributed by atoms with Gasteiger partial charge >= 0.3 is 6.03 Å². The molecular formula is C13H28N2O2S. The number of hydrogen-bond donors (Lipinski definition) is 3. The molecule has 0 heterocycles. The van der Waals surface area contributed by atoms with Gasteiger partial charge in [-0.2, -0.15) is 11.8 Å². The number of nitrogens with one attached hydrogen (secondary N) is 2. The summed E-state index contributed by atoms with van der Waals surface area (Å²) in [4.78, 5) is 11.7. The monoisotopic (exact) mass is 276 g/mol. The number of thioether (sulfide) groups is 1. The molecule has 1 atom stereocenters. The van der Waals surface area contributed by atoms with Crippen LogP contribution >= 0.6 is 11.8 Å². The Bertz CT molecular complexity index is 262. The van der Waals surface area contributed by atoms with E-state index < -0.39 is 0 Å². The molecule has 18 heavy (non-hydrogen) atoms. The first-order valence-electron chi connectivity index (χ1n) is 6.30. The standard InChI is InChI=1S/C13H28N2O2S/c1-12(2,3)7-10(8-16)15-11(17)14-9-13(4,5)18-6/h10,16H,7-9H2,1-6H3,(H2,14,15,17). The molecule has 3 N–H and O–H groups in total. The topological polar surface area (TPSA) is 61.4 Å². The van der Waals surface area contributed by atoms with Gasteiger partial charge in [0.15, 0.2) is 0 Å². The summed E-state index contributed by atoms with van der Waals surface area (Å²) in [5, 5.41) is 14.9. The summed E-state index contributed by atoms with van der Waals surface area (Å²) in [6, 6.07) is -0.400. The van der Waals surface area contributed by atoms with Crippen molar-refractivity contribution >= 4 is 17.8 Å². The third-order valence-electron chi connectivity index (χ3n) is 2.64. The average Bonchev–Trinajstić information content (AvgIpc) is 2.24. The van der Waals surface area contributed by atoms with Crippen LogP contribution in [-0.4, -0.2) is 41.3 Å². The molecule has 0 rings (SSSR count). The molecular weight excluding hydrogens is 248 g/mol. The molecule has 1 unspecified atom stereocenters. The van der Waals surface area contributed by atoms with Crippen LogP contribution in [0.25, 0.3) is 0 Å². The van der Waals surface area contributed by atoms with E-state index in [0.717, 1.165) is 6.42 Å². The minimum Gasteiger partial charge on any atom is -0.394 e. The molecule has 0 bridgehead atoms. The minimum atomic E-state index is -0.208. The molecule has 0 aliphatic heterocycles. The average molecular weight is 276 g/mol. The molecule has 0 aliphatic carbocycles. The Morgan fingerprint density at radius 1 is 1.28 bits per heavy atom. The maximum Gasteiger partial charge on any atom is 0.315 e. The van der Waals surface area contributed by atoms with Crippen LogP contribution in [0.1, 0.15) is 41.0 Å². The summed E-state index contributed by atoms with van der Waals surface area (Å²) < 4.78 is 0.0239. The summed E-state index contributed by atoms with van der Waals surface area (Å²) in [6.45, 7) is 11.0. The van der Waals surface area contributed by atoms with Crippen molar-refractivity contribution < 1.29 is 9.90 Å². The van der Waals surface area contributed by atoms with Gasteiger partial charge < -0.3 is 15.7 Å². The highest BCUT2D eigenvalue weighted by Gasteiger charge is 2.21. The quantitative estimate of drug-likeness (QED) is 0.697. The number of hydrogen-bond acceptors (Lipinski definition) is 3. The van der Waals surface area contributed by atoms with E-state index >= 15 is 0 Å². The van der Waals surface area contributed by atoms with Gasteiger partial charge in [0.1, 0.15) is 0 Å². The van der Waals surface area contributed by atoms with E-state index in [1.54, 1.807) is 11.8 Å². The van der Waals surface area contributed by atoms with Gasteiger partial charge in [-0.1, -0.05) is 20.8 Å². The smallest absolute Gasteiger partial charge is 0.315 e. The molecule has 5 heteroatoms. The number of urea groups is 1. The van der Waals surface area contributed by atoms with Gasteiger partial charge in [0.25, 0.3) is 0 Å². The molecule has 0 saturated carbocycles. The minimum absolute atomic E-state index is 0.0239. The number of carbonyl (C=O) groups excluding carboxylic acids is 1. The summed E-state index contributed by atoms with van der Waals surface area (Å²) in [5.41, 5.74) is 0.0826. The number of aliphatic hydroxyl groups is 1. The van der Waals surface area contributed by atoms with Crippen LogP contribution in [0.2, 0.25) is 0 Å². The highest BCUT2D eigenvalue weighted by atomic mass is 32.2. The zero-order chi connectivity index (χ0) is 14.4. The van der Waals surface area contributed by atoms with E-state index in [2.05, 4.69) is 45.3 Å². The van der Waals surface area contributed by atoms with Crippen LogP contribution in [0, 0.1) is 5.41 Å². The summed E-state index contributed by atoms with van der Waals surface area (Å²) >= 11 is 1.71. The van der Waals surface area contributed by atoms with Gasteiger partial charge in [-0.3, -0.25) is 0 Å². The maximum absolute atomic E-state index is 11.7. The maximum atomic E-state index is 11.7. The second-order valence-electron chi connectivity index (χ2n) is 6.44. The van der Waals surface area contributed by atoms with E-state index in [1.165, 1.54) is 0 Å². The third-order valence-corrected chi connectivity index (χ3v) is 3.89. The number of rotatable bonds is 6. The van der Waals surface area contributed by atoms with Gasteiger partial charge in [0.2, 0.25) is 0 Å². The second kappa shape index (κ2) is 7.24. The van der Waals surface area contributed by atoms with Crippen LogP contribution in [-0.2, 0) is 0 Å². The Morgan fingerprint density at radius 2 is 1.83 bits per heavy atom. The summed E-state index contributed by atoms with van der Waals surface area (Å²) in [6.07, 6.45) is 2.78. The predicted octanol–water partition coefficient (Wildman–Crippen LogP) is 2.22. The lowest BCUT2D eigenvalue weighted by molar-refractivity contribution is 0.190. The zero-order valence-corrected chi connectivity index (χ0v) is 13.3. The molecule has 0 aliphatic rings. The summed E-state index contributed by atoms with van der Waals surface area (Å²) in [7, 11) is 0. The lowest BCUT2D eigenvalue weighted by atomic mass is 9.88. The van der Waals surface area contributed by atoms with E-state index in [0.29, 0.717) is 6.54 Å². The molecule has 0 saturated heterocycles. The van der Waals surface area contributed by atoms with Gasteiger partial charge in [0.05, 0.1) is 12.6 Å². The molecule has 0 spiro atoms. The van der Waals surface area contributed by atoms with Crippen LogP contribution in [0.4, 0.5) is 4.79 Å². The van der Waals surface area contributed by atoms with Gasteiger partial charge in [-0.15, -0.1) is 0 Å². The fourth-order valence-corrected chi connectivity index (χ4v) is 1.72. The highest BCUT2D eigenvalue weighted by Crippen LogP contribution is 2.21. The summed E-state index contributed by atoms with van der Waals surface area (Å²) in [5.74, 6) is 0. The molecule has 0 aromatic rings. The first kappa shape index (κ1) is 17.6. The van der Waals surface area contributed by atoms with Gasteiger partial charge in [0, 0.05) is 11.3 Å². The molecule has 108 valence electrons. The molecule has 4 nitrogen and oxygen atoms in total. The van der Waals surface area contributed by atoms with Crippen LogP contribution in [0.5, 0.6) is 0 Å². The zero-order valence-electron chi connectivity index (χ0n) is 12.5. The van der Waals surface area contributed by atoms with Crippen LogP contribution < -0.4 is 10.6 Å². The van der Waals surface area contributed by atoms with E-state index in [1.807, 2.05) is 6.26 Å². The number of carbonyl (C=O) groups is 1. The van der Waals surface area contributed by atoms with Crippen molar-refractivity contribution in [2.45, 2.75) is 51.8 Å². The van der Waals surface area contributed by atoms with Crippen molar-refractivity contribution in [3.63, 3.8) is 0 Å². The van der Waals surface area contributed by atoms with Crippen LogP contribution in [0.15, 0.2) is 0 Å². The number of amides is 2. The van der Waals surface area contributed by atoms with E-state index in [9.17, 15) is 9.90 Å². The number of aliphatic hydroxyl groups excluding tert-OH is 1. The third kappa shape index (κ3) is 8.64. The molecule has 0 aromatic carbocycles. The van der Waals surface area contributed by atoms with E-state index in [4.69, 9.17) is 0 Å². The van der Waals surface area contributed by atoms with Crippen molar-refractivity contribution in [3.05, 3.63) is 0 Å². The molecule has 0 radical (unpaired) electrons. The fraction of sp³-hybridized carbons (Fsp3) is 0.923.